The number of hydrogen-bond acceptors (Lipinski definition) is 5. The molecule has 2 aromatic carbocycles. The minimum atomic E-state index is -1.07. The van der Waals surface area contributed by atoms with E-state index in [0.29, 0.717) is 35.8 Å². The summed E-state index contributed by atoms with van der Waals surface area (Å²) in [4.78, 5) is 27.3. The van der Waals surface area contributed by atoms with Crippen molar-refractivity contribution in [2.45, 2.75) is 18.5 Å². The number of amides is 3. The lowest BCUT2D eigenvalue weighted by Crippen LogP contribution is -2.47. The van der Waals surface area contributed by atoms with Gasteiger partial charge in [0.2, 0.25) is 6.79 Å². The van der Waals surface area contributed by atoms with Gasteiger partial charge in [0.1, 0.15) is 5.75 Å². The van der Waals surface area contributed by atoms with Crippen LogP contribution in [0.25, 0.3) is 0 Å². The Hall–Kier alpha value is -2.74. The summed E-state index contributed by atoms with van der Waals surface area (Å²) >= 11 is 3.49. The molecular formula is C19H15BrN2O5. The van der Waals surface area contributed by atoms with Crippen LogP contribution in [-0.2, 0) is 16.9 Å². The molecule has 3 aliphatic heterocycles. The molecule has 1 fully saturated rings. The average molecular weight is 431 g/mol. The lowest BCUT2D eigenvalue weighted by Gasteiger charge is -2.33. The molecule has 0 aromatic heterocycles. The molecular weight excluding hydrogens is 416 g/mol. The first-order chi connectivity index (χ1) is 13.1. The van der Waals surface area contributed by atoms with Gasteiger partial charge in [-0.05, 0) is 23.8 Å². The van der Waals surface area contributed by atoms with Crippen molar-refractivity contribution >= 4 is 27.9 Å². The van der Waals surface area contributed by atoms with Crippen LogP contribution in [0.4, 0.5) is 4.79 Å². The second-order valence-electron chi connectivity index (χ2n) is 6.62. The predicted octanol–water partition coefficient (Wildman–Crippen LogP) is 2.91. The van der Waals surface area contributed by atoms with Crippen molar-refractivity contribution in [3.8, 4) is 17.2 Å². The van der Waals surface area contributed by atoms with Crippen LogP contribution < -0.4 is 19.5 Å². The number of imide groups is 1. The van der Waals surface area contributed by atoms with Crippen LogP contribution in [0.2, 0.25) is 0 Å². The topological polar surface area (TPSA) is 77.1 Å². The summed E-state index contributed by atoms with van der Waals surface area (Å²) in [6.07, 6.45) is 0.396. The minimum Gasteiger partial charge on any atom is -0.493 e. The van der Waals surface area contributed by atoms with Gasteiger partial charge in [-0.25, -0.2) is 4.79 Å². The molecule has 27 heavy (non-hydrogen) atoms. The molecule has 138 valence electrons. The first-order valence-corrected chi connectivity index (χ1v) is 9.32. The zero-order valence-corrected chi connectivity index (χ0v) is 15.7. The number of carbonyl (C=O) groups excluding carboxylic acids is 2. The van der Waals surface area contributed by atoms with E-state index in [1.807, 2.05) is 24.3 Å². The van der Waals surface area contributed by atoms with E-state index in [-0.39, 0.29) is 19.2 Å². The zero-order valence-electron chi connectivity index (χ0n) is 14.2. The van der Waals surface area contributed by atoms with Gasteiger partial charge in [-0.3, -0.25) is 9.69 Å². The molecule has 7 nitrogen and oxygen atoms in total. The summed E-state index contributed by atoms with van der Waals surface area (Å²) in [5.41, 5.74) is 0.386. The van der Waals surface area contributed by atoms with E-state index in [4.69, 9.17) is 14.2 Å². The highest BCUT2D eigenvalue weighted by molar-refractivity contribution is 9.10. The highest BCUT2D eigenvalue weighted by atomic mass is 79.9. The molecule has 0 radical (unpaired) electrons. The third-order valence-electron chi connectivity index (χ3n) is 5.13. The lowest BCUT2D eigenvalue weighted by atomic mass is 9.84. The van der Waals surface area contributed by atoms with Crippen molar-refractivity contribution in [3.63, 3.8) is 0 Å². The third-order valence-corrected chi connectivity index (χ3v) is 5.87. The number of para-hydroxylation sites is 1. The fraction of sp³-hybridized carbons (Fsp3) is 0.263. The van der Waals surface area contributed by atoms with E-state index in [9.17, 15) is 9.59 Å². The van der Waals surface area contributed by atoms with Gasteiger partial charge in [-0.2, -0.15) is 0 Å². The van der Waals surface area contributed by atoms with E-state index < -0.39 is 11.6 Å². The molecule has 5 rings (SSSR count). The van der Waals surface area contributed by atoms with Crippen molar-refractivity contribution < 1.29 is 23.8 Å². The third kappa shape index (κ3) is 2.39. The summed E-state index contributed by atoms with van der Waals surface area (Å²) in [6, 6.07) is 10.5. The Bertz CT molecular complexity index is 979. The van der Waals surface area contributed by atoms with Crippen LogP contribution >= 0.6 is 15.9 Å². The summed E-state index contributed by atoms with van der Waals surface area (Å²) in [5, 5.41) is 2.90. The molecule has 1 N–H and O–H groups in total. The van der Waals surface area contributed by atoms with E-state index >= 15 is 0 Å². The molecule has 3 heterocycles. The second-order valence-corrected chi connectivity index (χ2v) is 7.47. The summed E-state index contributed by atoms with van der Waals surface area (Å²) in [6.45, 7) is 0.658. The Morgan fingerprint density at radius 1 is 1.07 bits per heavy atom. The molecule has 0 aliphatic carbocycles. The number of fused-ring (bicyclic) bond motifs is 3. The van der Waals surface area contributed by atoms with Gasteiger partial charge in [-0.1, -0.05) is 34.1 Å². The number of hydrogen-bond donors (Lipinski definition) is 1. The number of ether oxygens (including phenoxy) is 3. The van der Waals surface area contributed by atoms with E-state index in [2.05, 4.69) is 21.2 Å². The number of nitrogens with one attached hydrogen (secondary N) is 1. The summed E-state index contributed by atoms with van der Waals surface area (Å²) in [5.74, 6) is 1.60. The van der Waals surface area contributed by atoms with Crippen molar-refractivity contribution in [2.75, 3.05) is 13.4 Å². The lowest BCUT2D eigenvalue weighted by molar-refractivity contribution is -0.133. The molecule has 3 aliphatic rings. The molecule has 1 saturated heterocycles. The van der Waals surface area contributed by atoms with Crippen LogP contribution in [0.3, 0.4) is 0 Å². The fourth-order valence-electron chi connectivity index (χ4n) is 3.77. The first kappa shape index (κ1) is 16.4. The maximum absolute atomic E-state index is 13.3. The Morgan fingerprint density at radius 3 is 2.70 bits per heavy atom. The highest BCUT2D eigenvalue weighted by Gasteiger charge is 2.54. The first-order valence-electron chi connectivity index (χ1n) is 8.53. The molecule has 0 saturated carbocycles. The molecule has 8 heteroatoms. The molecule has 1 spiro atoms. The summed E-state index contributed by atoms with van der Waals surface area (Å²) in [7, 11) is 0. The maximum Gasteiger partial charge on any atom is 0.325 e. The van der Waals surface area contributed by atoms with Crippen molar-refractivity contribution in [2.24, 2.45) is 0 Å². The Labute approximate surface area is 163 Å². The van der Waals surface area contributed by atoms with Gasteiger partial charge in [-0.15, -0.1) is 0 Å². The zero-order chi connectivity index (χ0) is 18.6. The van der Waals surface area contributed by atoms with Crippen molar-refractivity contribution in [1.82, 2.24) is 10.2 Å². The van der Waals surface area contributed by atoms with Crippen LogP contribution in [0.15, 0.2) is 40.9 Å². The van der Waals surface area contributed by atoms with Gasteiger partial charge in [0.05, 0.1) is 13.2 Å². The molecule has 3 amide bonds. The van der Waals surface area contributed by atoms with E-state index in [0.717, 1.165) is 10.0 Å². The van der Waals surface area contributed by atoms with Gasteiger partial charge < -0.3 is 19.5 Å². The number of rotatable bonds is 2. The van der Waals surface area contributed by atoms with E-state index in [1.54, 1.807) is 12.1 Å². The maximum atomic E-state index is 13.3. The summed E-state index contributed by atoms with van der Waals surface area (Å²) < 4.78 is 17.2. The number of urea groups is 1. The van der Waals surface area contributed by atoms with Gasteiger partial charge in [0.25, 0.3) is 5.91 Å². The number of nitrogens with zero attached hydrogens (tertiary/aromatic N) is 1. The van der Waals surface area contributed by atoms with E-state index in [1.165, 1.54) is 4.90 Å². The van der Waals surface area contributed by atoms with Gasteiger partial charge in [0.15, 0.2) is 17.0 Å². The fourth-order valence-corrected chi connectivity index (χ4v) is 4.21. The van der Waals surface area contributed by atoms with Crippen molar-refractivity contribution in [1.29, 1.82) is 0 Å². The second kappa shape index (κ2) is 5.88. The Balaban J connectivity index is 1.50. The number of carbonyl (C=O) groups is 2. The average Bonchev–Trinajstić information content (AvgIpc) is 3.20. The van der Waals surface area contributed by atoms with Crippen molar-refractivity contribution in [3.05, 3.63) is 52.0 Å². The smallest absolute Gasteiger partial charge is 0.325 e. The van der Waals surface area contributed by atoms with Crippen LogP contribution in [0.5, 0.6) is 17.2 Å². The Kier molecular flexibility index (Phi) is 3.58. The largest absolute Gasteiger partial charge is 0.493 e. The van der Waals surface area contributed by atoms with Crippen LogP contribution in [0.1, 0.15) is 17.5 Å². The monoisotopic (exact) mass is 430 g/mol. The van der Waals surface area contributed by atoms with Crippen LogP contribution in [-0.4, -0.2) is 30.2 Å². The quantitative estimate of drug-likeness (QED) is 0.741. The standard InChI is InChI=1S/C19H15BrN2O5/c20-13-8-16-15(26-10-27-16)7-11(13)9-22-17(23)19(21-18(22)24)5-6-25-14-4-2-1-3-12(14)19/h1-4,7-8H,5-6,9-10H2,(H,21,24)/t19-/m0/s1. The normalized spacial score (nSPS) is 22.6. The Morgan fingerprint density at radius 2 is 1.85 bits per heavy atom. The molecule has 0 unspecified atom stereocenters. The van der Waals surface area contributed by atoms with Gasteiger partial charge >= 0.3 is 6.03 Å². The van der Waals surface area contributed by atoms with Crippen LogP contribution in [0, 0.1) is 0 Å². The predicted molar refractivity (Wildman–Crippen MR) is 97.6 cm³/mol. The minimum absolute atomic E-state index is 0.132. The molecule has 0 bridgehead atoms. The molecule has 2 aromatic rings. The van der Waals surface area contributed by atoms with Gasteiger partial charge in [0, 0.05) is 16.5 Å². The SMILES string of the molecule is O=C1N[C@]2(CCOc3ccccc32)C(=O)N1Cc1cc2c(cc1Br)OCO2. The number of benzene rings is 2. The number of halogens is 1. The highest BCUT2D eigenvalue weighted by Crippen LogP contribution is 2.42. The molecule has 1 atom stereocenters.